The fourth-order valence-corrected chi connectivity index (χ4v) is 1.43. The topological polar surface area (TPSA) is 32.9 Å². The minimum absolute atomic E-state index is 0.0180. The van der Waals surface area contributed by atoms with Crippen molar-refractivity contribution >= 4 is 22.6 Å². The molecule has 1 heterocycles. The SMILES string of the molecule is Cc1cc(I)c(C)c(=O)[nH]1. The number of aryl methyl sites for hydroxylation is 1. The highest BCUT2D eigenvalue weighted by Gasteiger charge is 1.98. The molecule has 3 heteroatoms. The molecule has 0 aliphatic carbocycles. The van der Waals surface area contributed by atoms with Gasteiger partial charge in [0.25, 0.3) is 5.56 Å². The van der Waals surface area contributed by atoms with Gasteiger partial charge in [0.1, 0.15) is 0 Å². The molecule has 0 radical (unpaired) electrons. The number of pyridine rings is 1. The average Bonchev–Trinajstić information content (AvgIpc) is 1.82. The van der Waals surface area contributed by atoms with E-state index in [-0.39, 0.29) is 5.56 Å². The Bertz CT molecular complexity index is 303. The lowest BCUT2D eigenvalue weighted by atomic mass is 10.3. The summed E-state index contributed by atoms with van der Waals surface area (Å²) in [7, 11) is 0. The van der Waals surface area contributed by atoms with Crippen LogP contribution >= 0.6 is 22.6 Å². The predicted octanol–water partition coefficient (Wildman–Crippen LogP) is 1.60. The second-order valence-electron chi connectivity index (χ2n) is 2.25. The lowest BCUT2D eigenvalue weighted by Gasteiger charge is -1.96. The molecule has 1 aromatic heterocycles. The van der Waals surface area contributed by atoms with E-state index in [0.29, 0.717) is 0 Å². The molecular formula is C7H8INO. The molecule has 0 aliphatic rings. The number of rotatable bonds is 0. The molecule has 0 saturated heterocycles. The molecule has 0 bridgehead atoms. The Kier molecular flexibility index (Phi) is 2.13. The Morgan fingerprint density at radius 2 is 2.10 bits per heavy atom. The van der Waals surface area contributed by atoms with Gasteiger partial charge >= 0.3 is 0 Å². The third-order valence-electron chi connectivity index (χ3n) is 1.35. The van der Waals surface area contributed by atoms with Crippen molar-refractivity contribution in [2.45, 2.75) is 13.8 Å². The first-order valence-corrected chi connectivity index (χ1v) is 4.05. The van der Waals surface area contributed by atoms with E-state index in [9.17, 15) is 4.79 Å². The van der Waals surface area contributed by atoms with E-state index in [1.807, 2.05) is 19.9 Å². The molecule has 0 unspecified atom stereocenters. The van der Waals surface area contributed by atoms with Gasteiger partial charge in [-0.2, -0.15) is 0 Å². The number of halogens is 1. The largest absolute Gasteiger partial charge is 0.326 e. The monoisotopic (exact) mass is 249 g/mol. The molecule has 1 N–H and O–H groups in total. The summed E-state index contributed by atoms with van der Waals surface area (Å²) >= 11 is 2.16. The van der Waals surface area contributed by atoms with E-state index in [1.165, 1.54) is 0 Å². The van der Waals surface area contributed by atoms with Crippen LogP contribution in [0.3, 0.4) is 0 Å². The summed E-state index contributed by atoms with van der Waals surface area (Å²) in [6, 6.07) is 1.96. The van der Waals surface area contributed by atoms with E-state index in [1.54, 1.807) is 0 Å². The highest BCUT2D eigenvalue weighted by Crippen LogP contribution is 2.06. The quantitative estimate of drug-likeness (QED) is 0.696. The van der Waals surface area contributed by atoms with Gasteiger partial charge < -0.3 is 4.98 Å². The van der Waals surface area contributed by atoms with Crippen LogP contribution < -0.4 is 5.56 Å². The summed E-state index contributed by atoms with van der Waals surface area (Å²) in [6.45, 7) is 3.70. The van der Waals surface area contributed by atoms with Crippen molar-refractivity contribution in [2.75, 3.05) is 0 Å². The van der Waals surface area contributed by atoms with Crippen molar-refractivity contribution in [1.82, 2.24) is 4.98 Å². The minimum atomic E-state index is 0.0180. The molecule has 1 rings (SSSR count). The van der Waals surface area contributed by atoms with E-state index in [2.05, 4.69) is 27.6 Å². The molecule has 54 valence electrons. The van der Waals surface area contributed by atoms with Crippen LogP contribution in [0.1, 0.15) is 11.3 Å². The second kappa shape index (κ2) is 2.74. The molecule has 0 fully saturated rings. The molecule has 0 aromatic carbocycles. The molecule has 1 aromatic rings. The third-order valence-corrected chi connectivity index (χ3v) is 2.47. The second-order valence-corrected chi connectivity index (χ2v) is 3.42. The maximum absolute atomic E-state index is 11.0. The summed E-state index contributed by atoms with van der Waals surface area (Å²) in [5.41, 5.74) is 1.73. The zero-order valence-electron chi connectivity index (χ0n) is 5.86. The van der Waals surface area contributed by atoms with Crippen LogP contribution in [-0.4, -0.2) is 4.98 Å². The van der Waals surface area contributed by atoms with Gasteiger partial charge in [-0.3, -0.25) is 4.79 Å². The molecule has 0 atom stereocenters. The van der Waals surface area contributed by atoms with Gasteiger partial charge in [0.05, 0.1) is 0 Å². The number of aromatic amines is 1. The van der Waals surface area contributed by atoms with Crippen molar-refractivity contribution in [2.24, 2.45) is 0 Å². The zero-order valence-corrected chi connectivity index (χ0v) is 8.02. The van der Waals surface area contributed by atoms with Gasteiger partial charge in [0.2, 0.25) is 0 Å². The summed E-state index contributed by atoms with van der Waals surface area (Å²) < 4.78 is 1.03. The molecular weight excluding hydrogens is 241 g/mol. The van der Waals surface area contributed by atoms with Gasteiger partial charge in [0, 0.05) is 14.8 Å². The molecule has 0 amide bonds. The first-order chi connectivity index (χ1) is 4.61. The van der Waals surface area contributed by atoms with E-state index < -0.39 is 0 Å². The molecule has 0 aliphatic heterocycles. The van der Waals surface area contributed by atoms with Crippen LogP contribution in [0, 0.1) is 17.4 Å². The first-order valence-electron chi connectivity index (χ1n) is 2.97. The third kappa shape index (κ3) is 1.39. The van der Waals surface area contributed by atoms with E-state index in [4.69, 9.17) is 0 Å². The van der Waals surface area contributed by atoms with Crippen molar-refractivity contribution in [3.05, 3.63) is 31.2 Å². The molecule has 2 nitrogen and oxygen atoms in total. The fourth-order valence-electron chi connectivity index (χ4n) is 0.716. The minimum Gasteiger partial charge on any atom is -0.326 e. The fraction of sp³-hybridized carbons (Fsp3) is 0.286. The standard InChI is InChI=1S/C7H8INO/c1-4-3-6(8)5(2)7(10)9-4/h3H,1-2H3,(H,9,10). The molecule has 0 spiro atoms. The van der Waals surface area contributed by atoms with Gasteiger partial charge in [-0.25, -0.2) is 0 Å². The number of H-pyrrole nitrogens is 1. The molecule has 0 saturated carbocycles. The Hall–Kier alpha value is -0.320. The van der Waals surface area contributed by atoms with Crippen LogP contribution in [0.15, 0.2) is 10.9 Å². The highest BCUT2D eigenvalue weighted by atomic mass is 127. The van der Waals surface area contributed by atoms with Crippen molar-refractivity contribution in [3.63, 3.8) is 0 Å². The van der Waals surface area contributed by atoms with Gasteiger partial charge in [0.15, 0.2) is 0 Å². The van der Waals surface area contributed by atoms with E-state index >= 15 is 0 Å². The van der Waals surface area contributed by atoms with Crippen LogP contribution in [0.4, 0.5) is 0 Å². The zero-order chi connectivity index (χ0) is 7.72. The van der Waals surface area contributed by atoms with Gasteiger partial charge in [-0.1, -0.05) is 0 Å². The van der Waals surface area contributed by atoms with Crippen molar-refractivity contribution < 1.29 is 0 Å². The lowest BCUT2D eigenvalue weighted by molar-refractivity contribution is 1.09. The van der Waals surface area contributed by atoms with Crippen LogP contribution in [0.25, 0.3) is 0 Å². The summed E-state index contributed by atoms with van der Waals surface area (Å²) in [5, 5.41) is 0. The summed E-state index contributed by atoms with van der Waals surface area (Å²) in [6.07, 6.45) is 0. The van der Waals surface area contributed by atoms with Crippen LogP contribution in [0.2, 0.25) is 0 Å². The average molecular weight is 249 g/mol. The van der Waals surface area contributed by atoms with Gasteiger partial charge in [-0.05, 0) is 42.5 Å². The van der Waals surface area contributed by atoms with Gasteiger partial charge in [-0.15, -0.1) is 0 Å². The smallest absolute Gasteiger partial charge is 0.252 e. The lowest BCUT2D eigenvalue weighted by Crippen LogP contribution is -2.11. The number of hydrogen-bond donors (Lipinski definition) is 1. The number of nitrogens with one attached hydrogen (secondary N) is 1. The van der Waals surface area contributed by atoms with Crippen LogP contribution in [0.5, 0.6) is 0 Å². The highest BCUT2D eigenvalue weighted by molar-refractivity contribution is 14.1. The Labute approximate surface area is 72.8 Å². The normalized spacial score (nSPS) is 9.90. The van der Waals surface area contributed by atoms with Crippen molar-refractivity contribution in [3.8, 4) is 0 Å². The molecule has 10 heavy (non-hydrogen) atoms. The summed E-state index contributed by atoms with van der Waals surface area (Å²) in [4.78, 5) is 13.7. The van der Waals surface area contributed by atoms with Crippen molar-refractivity contribution in [1.29, 1.82) is 0 Å². The maximum atomic E-state index is 11.0. The Balaban J connectivity index is 3.46. The number of hydrogen-bond acceptors (Lipinski definition) is 1. The predicted molar refractivity (Wildman–Crippen MR) is 49.3 cm³/mol. The Morgan fingerprint density at radius 1 is 1.50 bits per heavy atom. The maximum Gasteiger partial charge on any atom is 0.252 e. The van der Waals surface area contributed by atoms with Crippen LogP contribution in [-0.2, 0) is 0 Å². The van der Waals surface area contributed by atoms with E-state index in [0.717, 1.165) is 14.8 Å². The summed E-state index contributed by atoms with van der Waals surface area (Å²) in [5.74, 6) is 0. The Morgan fingerprint density at radius 3 is 2.60 bits per heavy atom. The number of aromatic nitrogens is 1. The first kappa shape index (κ1) is 7.78.